The fourth-order valence-corrected chi connectivity index (χ4v) is 7.10. The number of likely N-dealkylation sites (tertiary alicyclic amines) is 2. The molecule has 2 atom stereocenters. The number of alkyl halides is 1. The van der Waals surface area contributed by atoms with Crippen molar-refractivity contribution in [1.82, 2.24) is 19.8 Å². The molecule has 3 saturated heterocycles. The highest BCUT2D eigenvalue weighted by molar-refractivity contribution is 7.19. The van der Waals surface area contributed by atoms with Gasteiger partial charge in [0.1, 0.15) is 6.17 Å². The molecular formula is C30H38FN7OS. The molecule has 40 heavy (non-hydrogen) atoms. The van der Waals surface area contributed by atoms with Gasteiger partial charge in [0.15, 0.2) is 5.82 Å². The van der Waals surface area contributed by atoms with Gasteiger partial charge in [0.2, 0.25) is 0 Å². The van der Waals surface area contributed by atoms with Crippen molar-refractivity contribution in [2.45, 2.75) is 45.4 Å². The van der Waals surface area contributed by atoms with Crippen LogP contribution in [-0.4, -0.2) is 90.7 Å². The lowest BCUT2D eigenvalue weighted by Crippen LogP contribution is -2.56. The summed E-state index contributed by atoms with van der Waals surface area (Å²) in [6.45, 7) is 11.3. The molecule has 0 bridgehead atoms. The number of benzene rings is 1. The number of piperidine rings is 1. The first kappa shape index (κ1) is 27.3. The van der Waals surface area contributed by atoms with Gasteiger partial charge in [-0.05, 0) is 63.0 Å². The fourth-order valence-electron chi connectivity index (χ4n) is 5.80. The first-order valence-corrected chi connectivity index (χ1v) is 15.1. The summed E-state index contributed by atoms with van der Waals surface area (Å²) in [5.74, 6) is 1.31. The summed E-state index contributed by atoms with van der Waals surface area (Å²) in [7, 11) is 0. The second kappa shape index (κ2) is 11.9. The van der Waals surface area contributed by atoms with E-state index in [1.165, 1.54) is 11.3 Å². The van der Waals surface area contributed by atoms with E-state index in [2.05, 4.69) is 26.6 Å². The molecule has 3 aliphatic rings. The molecule has 2 unspecified atom stereocenters. The van der Waals surface area contributed by atoms with E-state index in [0.717, 1.165) is 78.4 Å². The number of halogens is 1. The molecule has 5 heterocycles. The van der Waals surface area contributed by atoms with Crippen LogP contribution in [0.15, 0.2) is 35.3 Å². The van der Waals surface area contributed by atoms with Crippen molar-refractivity contribution >= 4 is 45.2 Å². The molecular weight excluding hydrogens is 525 g/mol. The standard InChI is InChI=1S/C30H38FN7OS/c1-20-5-3-6-22(17-20)24(32)7-9-33-30-34-27-21(2)26(40-28(27)29(35-30)38-13-15-39-16-14-38)19-36-12-8-25(23(31)18-36)37-10-4-11-37/h3,5-7,9,17,23,25H,4,8,10-16,18-19,32H2,1-2H3/b24-7-,33-9+. The number of aromatic nitrogens is 2. The molecule has 10 heteroatoms. The van der Waals surface area contributed by atoms with E-state index in [4.69, 9.17) is 20.4 Å². The van der Waals surface area contributed by atoms with E-state index < -0.39 is 6.17 Å². The largest absolute Gasteiger partial charge is 0.398 e. The molecule has 3 aliphatic heterocycles. The highest BCUT2D eigenvalue weighted by Crippen LogP contribution is 2.38. The second-order valence-electron chi connectivity index (χ2n) is 11.0. The Kier molecular flexibility index (Phi) is 8.11. The molecule has 2 N–H and O–H groups in total. The van der Waals surface area contributed by atoms with Crippen LogP contribution in [0.3, 0.4) is 0 Å². The molecule has 2 aromatic heterocycles. The van der Waals surface area contributed by atoms with Crippen LogP contribution in [0.5, 0.6) is 0 Å². The lowest BCUT2D eigenvalue weighted by atomic mass is 9.98. The van der Waals surface area contributed by atoms with Crippen molar-refractivity contribution in [2.24, 2.45) is 10.7 Å². The minimum absolute atomic E-state index is 0.0849. The smallest absolute Gasteiger partial charge is 0.251 e. The summed E-state index contributed by atoms with van der Waals surface area (Å²) >= 11 is 1.73. The molecule has 0 amide bonds. The minimum Gasteiger partial charge on any atom is -0.398 e. The van der Waals surface area contributed by atoms with Crippen molar-refractivity contribution < 1.29 is 9.13 Å². The number of aliphatic imine (C=N–C) groups is 1. The van der Waals surface area contributed by atoms with Gasteiger partial charge < -0.3 is 15.4 Å². The number of allylic oxidation sites excluding steroid dienone is 1. The van der Waals surface area contributed by atoms with E-state index in [9.17, 15) is 0 Å². The summed E-state index contributed by atoms with van der Waals surface area (Å²) in [6, 6.07) is 8.16. The molecule has 0 radical (unpaired) electrons. The van der Waals surface area contributed by atoms with Crippen molar-refractivity contribution in [3.8, 4) is 0 Å². The highest BCUT2D eigenvalue weighted by atomic mass is 32.1. The Morgan fingerprint density at radius 2 is 2.00 bits per heavy atom. The SMILES string of the molecule is Cc1cccc(/C(N)=C/C=N/c2nc(N3CCOCC3)c3sc(CN4CCC(N5CCC5)C(F)C4)c(C)c3n2)c1. The van der Waals surface area contributed by atoms with Crippen LogP contribution in [0.25, 0.3) is 15.9 Å². The summed E-state index contributed by atoms with van der Waals surface area (Å²) in [5, 5.41) is 0. The van der Waals surface area contributed by atoms with Gasteiger partial charge in [-0.1, -0.05) is 23.8 Å². The van der Waals surface area contributed by atoms with Gasteiger partial charge in [0.25, 0.3) is 5.95 Å². The van der Waals surface area contributed by atoms with E-state index in [1.54, 1.807) is 23.6 Å². The number of nitrogens with two attached hydrogens (primary N) is 1. The number of thiophene rings is 1. The lowest BCUT2D eigenvalue weighted by Gasteiger charge is -2.44. The maximum absolute atomic E-state index is 15.1. The predicted octanol–water partition coefficient (Wildman–Crippen LogP) is 4.46. The molecule has 3 aromatic rings. The van der Waals surface area contributed by atoms with Gasteiger partial charge in [-0.2, -0.15) is 4.98 Å². The number of fused-ring (bicyclic) bond motifs is 1. The fraction of sp³-hybridized carbons (Fsp3) is 0.500. The number of nitrogens with zero attached hydrogens (tertiary/aromatic N) is 6. The monoisotopic (exact) mass is 563 g/mol. The Labute approximate surface area is 239 Å². The van der Waals surface area contributed by atoms with Crippen molar-refractivity contribution in [3.63, 3.8) is 0 Å². The van der Waals surface area contributed by atoms with Crippen LogP contribution < -0.4 is 10.6 Å². The molecule has 0 spiro atoms. The normalized spacial score (nSPS) is 23.3. The summed E-state index contributed by atoms with van der Waals surface area (Å²) in [4.78, 5) is 22.4. The quantitative estimate of drug-likeness (QED) is 0.425. The molecule has 212 valence electrons. The Balaban J connectivity index is 1.27. The van der Waals surface area contributed by atoms with Gasteiger partial charge >= 0.3 is 0 Å². The summed E-state index contributed by atoms with van der Waals surface area (Å²) in [6.07, 6.45) is 4.76. The zero-order valence-corrected chi connectivity index (χ0v) is 24.2. The third-order valence-corrected chi connectivity index (χ3v) is 9.52. The zero-order valence-electron chi connectivity index (χ0n) is 23.4. The van der Waals surface area contributed by atoms with Gasteiger partial charge in [-0.25, -0.2) is 14.4 Å². The Hall–Kier alpha value is -2.92. The van der Waals surface area contributed by atoms with Crippen LogP contribution in [0.4, 0.5) is 16.2 Å². The van der Waals surface area contributed by atoms with E-state index >= 15 is 4.39 Å². The lowest BCUT2D eigenvalue weighted by molar-refractivity contribution is 0.00224. The van der Waals surface area contributed by atoms with Crippen molar-refractivity contribution in [3.05, 3.63) is 51.9 Å². The Bertz CT molecular complexity index is 1410. The average Bonchev–Trinajstić information content (AvgIpc) is 3.24. The second-order valence-corrected chi connectivity index (χ2v) is 12.1. The molecule has 0 aliphatic carbocycles. The van der Waals surface area contributed by atoms with Gasteiger partial charge in [-0.15, -0.1) is 11.3 Å². The van der Waals surface area contributed by atoms with Gasteiger partial charge in [0.05, 0.1) is 23.4 Å². The van der Waals surface area contributed by atoms with Crippen LogP contribution in [0, 0.1) is 13.8 Å². The van der Waals surface area contributed by atoms with E-state index in [1.807, 2.05) is 31.2 Å². The zero-order chi connectivity index (χ0) is 27.6. The number of aryl methyl sites for hydroxylation is 2. The summed E-state index contributed by atoms with van der Waals surface area (Å²) in [5.41, 5.74) is 11.1. The first-order chi connectivity index (χ1) is 19.5. The van der Waals surface area contributed by atoms with Crippen molar-refractivity contribution in [2.75, 3.05) is 57.4 Å². The van der Waals surface area contributed by atoms with Crippen LogP contribution in [0.2, 0.25) is 0 Å². The number of anilines is 1. The number of morpholine rings is 1. The van der Waals surface area contributed by atoms with E-state index in [0.29, 0.717) is 31.4 Å². The third-order valence-electron chi connectivity index (χ3n) is 8.26. The van der Waals surface area contributed by atoms with Crippen LogP contribution in [0.1, 0.15) is 34.4 Å². The van der Waals surface area contributed by atoms with Gasteiger partial charge in [-0.3, -0.25) is 9.80 Å². The molecule has 1 aromatic carbocycles. The number of hydrogen-bond acceptors (Lipinski definition) is 9. The van der Waals surface area contributed by atoms with Crippen molar-refractivity contribution in [1.29, 1.82) is 0 Å². The molecule has 8 nitrogen and oxygen atoms in total. The maximum Gasteiger partial charge on any atom is 0.251 e. The average molecular weight is 564 g/mol. The molecule has 0 saturated carbocycles. The topological polar surface area (TPSA) is 83.1 Å². The molecule has 6 rings (SSSR count). The summed E-state index contributed by atoms with van der Waals surface area (Å²) < 4.78 is 21.8. The Morgan fingerprint density at radius 1 is 1.18 bits per heavy atom. The maximum atomic E-state index is 15.1. The Morgan fingerprint density at radius 3 is 2.73 bits per heavy atom. The van der Waals surface area contributed by atoms with Crippen LogP contribution in [-0.2, 0) is 11.3 Å². The predicted molar refractivity (Wildman–Crippen MR) is 161 cm³/mol. The first-order valence-electron chi connectivity index (χ1n) is 14.3. The molecule has 3 fully saturated rings. The van der Waals surface area contributed by atoms with Gasteiger partial charge in [0, 0.05) is 55.6 Å². The number of rotatable bonds is 7. The number of ether oxygens (including phenoxy) is 1. The van der Waals surface area contributed by atoms with Crippen LogP contribution >= 0.6 is 11.3 Å². The van der Waals surface area contributed by atoms with E-state index in [-0.39, 0.29) is 6.04 Å². The highest BCUT2D eigenvalue weighted by Gasteiger charge is 2.36. The number of hydrogen-bond donors (Lipinski definition) is 1. The third kappa shape index (κ3) is 5.76. The minimum atomic E-state index is -0.798.